The normalized spacial score (nSPS) is 31.6. The Balaban J connectivity index is 1.41. The Bertz CT molecular complexity index is 691. The first-order chi connectivity index (χ1) is 12.2. The summed E-state index contributed by atoms with van der Waals surface area (Å²) < 4.78 is 14.8. The maximum absolute atomic E-state index is 14.8. The third-order valence-corrected chi connectivity index (χ3v) is 6.27. The maximum atomic E-state index is 14.8. The molecule has 1 amide bonds. The van der Waals surface area contributed by atoms with E-state index in [1.807, 2.05) is 11.0 Å². The number of carbonyl (C=O) groups is 1. The zero-order valence-electron chi connectivity index (χ0n) is 14.4. The second kappa shape index (κ2) is 5.95. The molecular weight excluding hydrogens is 319 g/mol. The molecule has 2 N–H and O–H groups in total. The Morgan fingerprint density at radius 1 is 1.12 bits per heavy atom. The van der Waals surface area contributed by atoms with Gasteiger partial charge in [0.1, 0.15) is 5.82 Å². The smallest absolute Gasteiger partial charge is 0.254 e. The molecule has 5 nitrogen and oxygen atoms in total. The molecule has 2 bridgehead atoms. The zero-order valence-corrected chi connectivity index (χ0v) is 14.4. The first kappa shape index (κ1) is 15.6. The number of nitrogens with one attached hydrogen (secondary N) is 2. The SMILES string of the molecule is O=C1c2cc(F)c(N3CC4CCC(C3)N4)cc2CN1C1CCCNC1. The van der Waals surface area contributed by atoms with E-state index in [0.717, 1.165) is 44.6 Å². The zero-order chi connectivity index (χ0) is 17.0. The number of fused-ring (bicyclic) bond motifs is 3. The fourth-order valence-electron chi connectivity index (χ4n) is 4.98. The Hall–Kier alpha value is -1.66. The van der Waals surface area contributed by atoms with Crippen LogP contribution in [0, 0.1) is 5.82 Å². The van der Waals surface area contributed by atoms with E-state index in [1.165, 1.54) is 18.9 Å². The van der Waals surface area contributed by atoms with Crippen molar-refractivity contribution in [3.63, 3.8) is 0 Å². The molecule has 25 heavy (non-hydrogen) atoms. The van der Waals surface area contributed by atoms with Gasteiger partial charge in [-0.05, 0) is 49.9 Å². The highest BCUT2D eigenvalue weighted by molar-refractivity contribution is 5.99. The number of rotatable bonds is 2. The number of anilines is 1. The molecule has 1 aromatic rings. The fourth-order valence-corrected chi connectivity index (χ4v) is 4.98. The van der Waals surface area contributed by atoms with Crippen molar-refractivity contribution in [2.45, 2.75) is 50.4 Å². The van der Waals surface area contributed by atoms with E-state index >= 15 is 0 Å². The third-order valence-electron chi connectivity index (χ3n) is 6.27. The van der Waals surface area contributed by atoms with Crippen molar-refractivity contribution in [1.82, 2.24) is 15.5 Å². The van der Waals surface area contributed by atoms with Gasteiger partial charge in [-0.15, -0.1) is 0 Å². The Kier molecular flexibility index (Phi) is 3.71. The highest BCUT2D eigenvalue weighted by atomic mass is 19.1. The minimum atomic E-state index is -0.253. The van der Waals surface area contributed by atoms with Crippen LogP contribution in [0.25, 0.3) is 0 Å². The van der Waals surface area contributed by atoms with E-state index in [0.29, 0.717) is 29.9 Å². The highest BCUT2D eigenvalue weighted by Crippen LogP contribution is 2.34. The lowest BCUT2D eigenvalue weighted by Gasteiger charge is -2.35. The molecule has 0 aromatic heterocycles. The largest absolute Gasteiger partial charge is 0.366 e. The summed E-state index contributed by atoms with van der Waals surface area (Å²) >= 11 is 0. The van der Waals surface area contributed by atoms with Gasteiger partial charge < -0.3 is 20.4 Å². The third kappa shape index (κ3) is 2.62. The van der Waals surface area contributed by atoms with E-state index in [9.17, 15) is 9.18 Å². The van der Waals surface area contributed by atoms with Gasteiger partial charge >= 0.3 is 0 Å². The summed E-state index contributed by atoms with van der Waals surface area (Å²) in [5, 5.41) is 6.95. The van der Waals surface area contributed by atoms with Gasteiger partial charge in [0.2, 0.25) is 0 Å². The Morgan fingerprint density at radius 2 is 1.92 bits per heavy atom. The molecule has 1 aromatic carbocycles. The maximum Gasteiger partial charge on any atom is 0.254 e. The summed E-state index contributed by atoms with van der Waals surface area (Å²) in [5.74, 6) is -0.258. The summed E-state index contributed by atoms with van der Waals surface area (Å²) in [7, 11) is 0. The molecule has 4 heterocycles. The molecule has 5 rings (SSSR count). The van der Waals surface area contributed by atoms with E-state index in [-0.39, 0.29) is 17.8 Å². The van der Waals surface area contributed by atoms with Crippen LogP contribution in [0.2, 0.25) is 0 Å². The highest BCUT2D eigenvalue weighted by Gasteiger charge is 2.37. The van der Waals surface area contributed by atoms with Crippen LogP contribution in [0.1, 0.15) is 41.6 Å². The number of piperidine rings is 1. The van der Waals surface area contributed by atoms with Crippen molar-refractivity contribution in [3.8, 4) is 0 Å². The summed E-state index contributed by atoms with van der Waals surface area (Å²) in [6, 6.07) is 4.59. The lowest BCUT2D eigenvalue weighted by atomic mass is 10.1. The predicted molar refractivity (Wildman–Crippen MR) is 94.3 cm³/mol. The first-order valence-electron chi connectivity index (χ1n) is 9.54. The van der Waals surface area contributed by atoms with E-state index in [4.69, 9.17) is 0 Å². The number of hydrogen-bond donors (Lipinski definition) is 2. The van der Waals surface area contributed by atoms with Gasteiger partial charge in [0, 0.05) is 49.9 Å². The molecule has 6 heteroatoms. The summed E-state index contributed by atoms with van der Waals surface area (Å²) in [6.07, 6.45) is 4.47. The standard InChI is InChI=1S/C19H25FN4O/c20-17-7-16-12(9-24(19(16)25)15-2-1-5-21-8-15)6-18(17)23-10-13-3-4-14(11-23)22-13/h6-7,13-15,21-22H,1-5,8-11H2. The monoisotopic (exact) mass is 344 g/mol. The van der Waals surface area contributed by atoms with Gasteiger partial charge in [-0.3, -0.25) is 4.79 Å². The number of nitrogens with zero attached hydrogens (tertiary/aromatic N) is 2. The number of piperazine rings is 1. The number of hydrogen-bond acceptors (Lipinski definition) is 4. The lowest BCUT2D eigenvalue weighted by Crippen LogP contribution is -2.51. The van der Waals surface area contributed by atoms with Crippen LogP contribution < -0.4 is 15.5 Å². The van der Waals surface area contributed by atoms with Crippen LogP contribution in [0.3, 0.4) is 0 Å². The van der Waals surface area contributed by atoms with Crippen molar-refractivity contribution < 1.29 is 9.18 Å². The van der Waals surface area contributed by atoms with Crippen molar-refractivity contribution in [1.29, 1.82) is 0 Å². The molecule has 3 fully saturated rings. The van der Waals surface area contributed by atoms with E-state index < -0.39 is 0 Å². The lowest BCUT2D eigenvalue weighted by molar-refractivity contribution is 0.0674. The van der Waals surface area contributed by atoms with Crippen molar-refractivity contribution in [2.75, 3.05) is 31.1 Å². The van der Waals surface area contributed by atoms with Crippen molar-refractivity contribution in [2.24, 2.45) is 0 Å². The van der Waals surface area contributed by atoms with Crippen LogP contribution in [0.5, 0.6) is 0 Å². The molecule has 0 radical (unpaired) electrons. The van der Waals surface area contributed by atoms with Gasteiger partial charge in [0.25, 0.3) is 5.91 Å². The molecule has 0 saturated carbocycles. The molecule has 3 unspecified atom stereocenters. The molecular formula is C19H25FN4O. The van der Waals surface area contributed by atoms with Crippen LogP contribution in [0.4, 0.5) is 10.1 Å². The molecule has 3 saturated heterocycles. The van der Waals surface area contributed by atoms with Crippen LogP contribution in [-0.2, 0) is 6.54 Å². The van der Waals surface area contributed by atoms with Gasteiger partial charge in [0.05, 0.1) is 5.69 Å². The quantitative estimate of drug-likeness (QED) is 0.853. The molecule has 4 aliphatic rings. The minimum absolute atomic E-state index is 0.00506. The second-order valence-corrected chi connectivity index (χ2v) is 7.94. The number of carbonyl (C=O) groups excluding carboxylic acids is 1. The van der Waals surface area contributed by atoms with Gasteiger partial charge in [-0.1, -0.05) is 0 Å². The molecule has 0 aliphatic carbocycles. The first-order valence-corrected chi connectivity index (χ1v) is 9.54. The second-order valence-electron chi connectivity index (χ2n) is 7.94. The van der Waals surface area contributed by atoms with Gasteiger partial charge in [-0.25, -0.2) is 4.39 Å². The summed E-state index contributed by atoms with van der Waals surface area (Å²) in [4.78, 5) is 16.9. The average molecular weight is 344 g/mol. The minimum Gasteiger partial charge on any atom is -0.366 e. The Labute approximate surface area is 147 Å². The van der Waals surface area contributed by atoms with Crippen LogP contribution in [-0.4, -0.2) is 55.1 Å². The van der Waals surface area contributed by atoms with Gasteiger partial charge in [0.15, 0.2) is 0 Å². The fraction of sp³-hybridized carbons (Fsp3) is 0.632. The summed E-state index contributed by atoms with van der Waals surface area (Å²) in [6.45, 7) is 4.20. The Morgan fingerprint density at radius 3 is 2.64 bits per heavy atom. The summed E-state index contributed by atoms with van der Waals surface area (Å²) in [5.41, 5.74) is 2.22. The topological polar surface area (TPSA) is 47.6 Å². The van der Waals surface area contributed by atoms with Gasteiger partial charge in [-0.2, -0.15) is 0 Å². The van der Waals surface area contributed by atoms with Crippen LogP contribution in [0.15, 0.2) is 12.1 Å². The molecule has 0 spiro atoms. The van der Waals surface area contributed by atoms with Crippen molar-refractivity contribution >= 4 is 11.6 Å². The number of amides is 1. The molecule has 3 atom stereocenters. The number of halogens is 1. The number of benzene rings is 1. The van der Waals surface area contributed by atoms with E-state index in [2.05, 4.69) is 15.5 Å². The molecule has 4 aliphatic heterocycles. The predicted octanol–water partition coefficient (Wildman–Crippen LogP) is 1.47. The average Bonchev–Trinajstić information content (AvgIpc) is 3.14. The van der Waals surface area contributed by atoms with Crippen molar-refractivity contribution in [3.05, 3.63) is 29.1 Å². The van der Waals surface area contributed by atoms with E-state index in [1.54, 1.807) is 0 Å². The van der Waals surface area contributed by atoms with Crippen LogP contribution >= 0.6 is 0 Å². The molecule has 134 valence electrons.